The minimum Gasteiger partial charge on any atom is -0.356 e. The van der Waals surface area contributed by atoms with Gasteiger partial charge in [0.15, 0.2) is 15.8 Å². The van der Waals surface area contributed by atoms with Gasteiger partial charge in [-0.15, -0.1) is 0 Å². The van der Waals surface area contributed by atoms with Crippen LogP contribution < -0.4 is 10.6 Å². The highest BCUT2D eigenvalue weighted by Crippen LogP contribution is 2.11. The van der Waals surface area contributed by atoms with Gasteiger partial charge >= 0.3 is 0 Å². The van der Waals surface area contributed by atoms with E-state index in [2.05, 4.69) is 27.4 Å². The number of nitrogens with zero attached hydrogens (tertiary/aromatic N) is 2. The summed E-state index contributed by atoms with van der Waals surface area (Å²) in [6.07, 6.45) is 5.55. The minimum absolute atomic E-state index is 0.362. The number of piperidine rings is 1. The Morgan fingerprint density at radius 1 is 1.23 bits per heavy atom. The molecule has 1 aromatic carbocycles. The number of guanidine groups is 1. The summed E-state index contributed by atoms with van der Waals surface area (Å²) in [5.74, 6) is 0.840. The zero-order valence-corrected chi connectivity index (χ0v) is 17.0. The van der Waals surface area contributed by atoms with E-state index in [1.807, 2.05) is 12.1 Å². The quantitative estimate of drug-likeness (QED) is 0.556. The Kier molecular flexibility index (Phi) is 7.90. The van der Waals surface area contributed by atoms with E-state index in [0.717, 1.165) is 50.4 Å². The molecule has 2 rings (SSSR count). The molecule has 6 nitrogen and oxygen atoms in total. The predicted molar refractivity (Wildman–Crippen MR) is 108 cm³/mol. The molecule has 0 aromatic heterocycles. The Hall–Kier alpha value is -1.60. The third-order valence-corrected chi connectivity index (χ3v) is 5.88. The number of benzene rings is 1. The van der Waals surface area contributed by atoms with Crippen molar-refractivity contribution in [1.29, 1.82) is 0 Å². The summed E-state index contributed by atoms with van der Waals surface area (Å²) in [5, 5.41) is 6.87. The van der Waals surface area contributed by atoms with Crippen molar-refractivity contribution in [2.45, 2.75) is 43.5 Å². The summed E-state index contributed by atoms with van der Waals surface area (Å²) < 4.78 is 23.0. The van der Waals surface area contributed by atoms with Crippen molar-refractivity contribution in [2.24, 2.45) is 4.99 Å². The lowest BCUT2D eigenvalue weighted by molar-refractivity contribution is 0.206. The Labute approximate surface area is 158 Å². The first kappa shape index (κ1) is 20.7. The minimum atomic E-state index is -3.13. The lowest BCUT2D eigenvalue weighted by atomic mass is 10.1. The molecule has 1 aliphatic heterocycles. The van der Waals surface area contributed by atoms with Gasteiger partial charge in [0.25, 0.3) is 0 Å². The predicted octanol–water partition coefficient (Wildman–Crippen LogP) is 1.67. The summed E-state index contributed by atoms with van der Waals surface area (Å²) in [4.78, 5) is 7.20. The van der Waals surface area contributed by atoms with Crippen molar-refractivity contribution in [3.8, 4) is 0 Å². The van der Waals surface area contributed by atoms with Crippen LogP contribution >= 0.6 is 0 Å². The third-order valence-electron chi connectivity index (χ3n) is 4.75. The molecule has 1 aliphatic rings. The van der Waals surface area contributed by atoms with Gasteiger partial charge in [-0.1, -0.05) is 19.1 Å². The summed E-state index contributed by atoms with van der Waals surface area (Å²) >= 11 is 0. The van der Waals surface area contributed by atoms with E-state index in [1.165, 1.54) is 19.2 Å². The monoisotopic (exact) mass is 380 g/mol. The molecule has 0 atom stereocenters. The summed E-state index contributed by atoms with van der Waals surface area (Å²) in [6, 6.07) is 7.56. The molecule has 0 unspecified atom stereocenters. The van der Waals surface area contributed by atoms with Gasteiger partial charge in [0.2, 0.25) is 0 Å². The maximum Gasteiger partial charge on any atom is 0.191 e. The number of aliphatic imine (C=N–C) groups is 1. The fraction of sp³-hybridized carbons (Fsp3) is 0.632. The topological polar surface area (TPSA) is 73.8 Å². The van der Waals surface area contributed by atoms with Crippen LogP contribution in [0.2, 0.25) is 0 Å². The number of hydrogen-bond acceptors (Lipinski definition) is 4. The molecule has 26 heavy (non-hydrogen) atoms. The Balaban J connectivity index is 1.74. The Bertz CT molecular complexity index is 678. The number of hydrogen-bond donors (Lipinski definition) is 2. The largest absolute Gasteiger partial charge is 0.356 e. The van der Waals surface area contributed by atoms with Gasteiger partial charge in [0.1, 0.15) is 0 Å². The normalized spacial score (nSPS) is 17.3. The van der Waals surface area contributed by atoms with Crippen LogP contribution in [-0.4, -0.2) is 64.8 Å². The van der Waals surface area contributed by atoms with E-state index in [-0.39, 0.29) is 0 Å². The second-order valence-electron chi connectivity index (χ2n) is 6.93. The number of sulfone groups is 1. The van der Waals surface area contributed by atoms with E-state index in [0.29, 0.717) is 10.9 Å². The van der Waals surface area contributed by atoms with Gasteiger partial charge in [0, 0.05) is 39.0 Å². The molecule has 2 N–H and O–H groups in total. The van der Waals surface area contributed by atoms with E-state index >= 15 is 0 Å². The number of likely N-dealkylation sites (tertiary alicyclic amines) is 1. The average Bonchev–Trinajstić information content (AvgIpc) is 2.62. The average molecular weight is 381 g/mol. The number of rotatable bonds is 7. The summed E-state index contributed by atoms with van der Waals surface area (Å²) in [7, 11) is -1.34. The van der Waals surface area contributed by atoms with Crippen molar-refractivity contribution in [2.75, 3.05) is 39.5 Å². The lowest BCUT2D eigenvalue weighted by Crippen LogP contribution is -2.49. The van der Waals surface area contributed by atoms with Gasteiger partial charge < -0.3 is 15.5 Å². The molecular formula is C19H32N4O2S. The first-order valence-corrected chi connectivity index (χ1v) is 11.3. The molecule has 1 heterocycles. The summed E-state index contributed by atoms with van der Waals surface area (Å²) in [6.45, 7) is 6.47. The second-order valence-corrected chi connectivity index (χ2v) is 8.94. The lowest BCUT2D eigenvalue weighted by Gasteiger charge is -2.32. The third kappa shape index (κ3) is 6.61. The van der Waals surface area contributed by atoms with Gasteiger partial charge in [-0.3, -0.25) is 4.99 Å². The highest BCUT2D eigenvalue weighted by atomic mass is 32.2. The van der Waals surface area contributed by atoms with Crippen LogP contribution in [0.25, 0.3) is 0 Å². The SMILES string of the molecule is CCCN1CCC(NC(=NC)NCCc2ccc(S(C)(=O)=O)cc2)CC1. The van der Waals surface area contributed by atoms with Crippen molar-refractivity contribution >= 4 is 15.8 Å². The van der Waals surface area contributed by atoms with Crippen LogP contribution in [0.5, 0.6) is 0 Å². The van der Waals surface area contributed by atoms with Gasteiger partial charge in [-0.2, -0.15) is 0 Å². The molecule has 0 aliphatic carbocycles. The molecule has 1 aromatic rings. The van der Waals surface area contributed by atoms with Crippen LogP contribution in [0, 0.1) is 0 Å². The number of nitrogens with one attached hydrogen (secondary N) is 2. The van der Waals surface area contributed by atoms with Gasteiger partial charge in [-0.05, 0) is 49.9 Å². The first-order valence-electron chi connectivity index (χ1n) is 9.41. The van der Waals surface area contributed by atoms with Gasteiger partial charge in [-0.25, -0.2) is 8.42 Å². The zero-order valence-electron chi connectivity index (χ0n) is 16.2. The molecule has 7 heteroatoms. The van der Waals surface area contributed by atoms with Crippen LogP contribution in [0.4, 0.5) is 0 Å². The Morgan fingerprint density at radius 3 is 2.42 bits per heavy atom. The standard InChI is InChI=1S/C19H32N4O2S/c1-4-13-23-14-10-17(11-15-23)22-19(20-2)21-12-9-16-5-7-18(8-6-16)26(3,24)25/h5-8,17H,4,9-15H2,1-3H3,(H2,20,21,22). The maximum atomic E-state index is 11.5. The van der Waals surface area contributed by atoms with E-state index in [4.69, 9.17) is 0 Å². The molecular weight excluding hydrogens is 348 g/mol. The van der Waals surface area contributed by atoms with Crippen molar-refractivity contribution in [3.05, 3.63) is 29.8 Å². The smallest absolute Gasteiger partial charge is 0.191 e. The fourth-order valence-corrected chi connectivity index (χ4v) is 3.86. The summed E-state index contributed by atoms with van der Waals surface area (Å²) in [5.41, 5.74) is 1.10. The Morgan fingerprint density at radius 2 is 1.88 bits per heavy atom. The van der Waals surface area contributed by atoms with Crippen molar-refractivity contribution in [3.63, 3.8) is 0 Å². The molecule has 0 radical (unpaired) electrons. The van der Waals surface area contributed by atoms with Crippen LogP contribution in [0.15, 0.2) is 34.2 Å². The van der Waals surface area contributed by atoms with E-state index in [1.54, 1.807) is 19.2 Å². The second kappa shape index (κ2) is 9.92. The maximum absolute atomic E-state index is 11.5. The van der Waals surface area contributed by atoms with E-state index < -0.39 is 9.84 Å². The van der Waals surface area contributed by atoms with E-state index in [9.17, 15) is 8.42 Å². The molecule has 1 saturated heterocycles. The molecule has 0 saturated carbocycles. The molecule has 0 spiro atoms. The fourth-order valence-electron chi connectivity index (χ4n) is 3.23. The van der Waals surface area contributed by atoms with Crippen molar-refractivity contribution < 1.29 is 8.42 Å². The van der Waals surface area contributed by atoms with Crippen LogP contribution in [0.1, 0.15) is 31.7 Å². The van der Waals surface area contributed by atoms with Crippen molar-refractivity contribution in [1.82, 2.24) is 15.5 Å². The zero-order chi connectivity index (χ0) is 19.0. The molecule has 1 fully saturated rings. The van der Waals surface area contributed by atoms with Crippen LogP contribution in [-0.2, 0) is 16.3 Å². The molecule has 0 bridgehead atoms. The molecule has 146 valence electrons. The highest BCUT2D eigenvalue weighted by molar-refractivity contribution is 7.90. The first-order chi connectivity index (χ1) is 12.4. The molecule has 0 amide bonds. The highest BCUT2D eigenvalue weighted by Gasteiger charge is 2.19. The van der Waals surface area contributed by atoms with Crippen LogP contribution in [0.3, 0.4) is 0 Å². The van der Waals surface area contributed by atoms with Gasteiger partial charge in [0.05, 0.1) is 4.90 Å².